The van der Waals surface area contributed by atoms with Gasteiger partial charge in [-0.2, -0.15) is 0 Å². The Morgan fingerprint density at radius 3 is 1.72 bits per heavy atom. The lowest BCUT2D eigenvalue weighted by atomic mass is 10.3. The van der Waals surface area contributed by atoms with Gasteiger partial charge in [0.25, 0.3) is 0 Å². The van der Waals surface area contributed by atoms with E-state index in [0.29, 0.717) is 19.1 Å². The topological polar surface area (TPSA) is 164 Å². The van der Waals surface area contributed by atoms with Crippen molar-refractivity contribution in [2.75, 3.05) is 0 Å². The van der Waals surface area contributed by atoms with Gasteiger partial charge in [0.1, 0.15) is 6.29 Å². The number of carbonyl (C=O) groups is 5. The Labute approximate surface area is 102 Å². The Kier molecular flexibility index (Phi) is 11.0. The van der Waals surface area contributed by atoms with Gasteiger partial charge in [0.2, 0.25) is 17.7 Å². The third-order valence-electron chi connectivity index (χ3n) is 1.37. The number of nitrogens with two attached hydrogens (primary N) is 1. The fraction of sp³-hybridized carbons (Fsp3) is 0.444. The van der Waals surface area contributed by atoms with Gasteiger partial charge in [-0.05, 0) is 0 Å². The van der Waals surface area contributed by atoms with Crippen molar-refractivity contribution in [3.8, 4) is 0 Å². The average Bonchev–Trinajstić information content (AvgIpc) is 2.59. The van der Waals surface area contributed by atoms with Crippen molar-refractivity contribution in [3.63, 3.8) is 0 Å². The summed E-state index contributed by atoms with van der Waals surface area (Å²) in [4.78, 5) is 48.1. The summed E-state index contributed by atoms with van der Waals surface area (Å²) in [6, 6.07) is 0. The highest BCUT2D eigenvalue weighted by atomic mass is 16.6. The molecular weight excluding hydrogens is 248 g/mol. The molecule has 0 aliphatic carbocycles. The van der Waals surface area contributed by atoms with E-state index in [9.17, 15) is 19.2 Å². The molecule has 1 fully saturated rings. The van der Waals surface area contributed by atoms with Crippen LogP contribution in [0.3, 0.4) is 0 Å². The first-order chi connectivity index (χ1) is 8.29. The quantitative estimate of drug-likeness (QED) is 0.377. The summed E-state index contributed by atoms with van der Waals surface area (Å²) < 4.78 is 0. The molecule has 1 aliphatic rings. The molecule has 0 bridgehead atoms. The maximum Gasteiger partial charge on any atom is 0.503 e. The van der Waals surface area contributed by atoms with Crippen LogP contribution in [0.25, 0.3) is 0 Å². The zero-order valence-corrected chi connectivity index (χ0v) is 9.42. The van der Waals surface area contributed by atoms with E-state index in [4.69, 9.17) is 15.0 Å². The average molecular weight is 262 g/mol. The van der Waals surface area contributed by atoms with Gasteiger partial charge >= 0.3 is 6.16 Å². The number of carboxylic acid groups (broad SMARTS) is 2. The second-order valence-corrected chi connectivity index (χ2v) is 2.93. The lowest BCUT2D eigenvalue weighted by Crippen LogP contribution is -2.18. The fourth-order valence-electron chi connectivity index (χ4n) is 0.709. The molecular formula is C9H14N2O7. The van der Waals surface area contributed by atoms with Crippen LogP contribution in [0.1, 0.15) is 25.7 Å². The van der Waals surface area contributed by atoms with E-state index in [1.165, 1.54) is 0 Å². The van der Waals surface area contributed by atoms with Crippen molar-refractivity contribution in [3.05, 3.63) is 0 Å². The number of rotatable bonds is 3. The van der Waals surface area contributed by atoms with Gasteiger partial charge in [0.15, 0.2) is 0 Å². The molecule has 9 heteroatoms. The SMILES string of the molecule is NC(=O)CCC=O.O=C(O)O.O=C1CCC(=O)N1. The molecule has 5 N–H and O–H groups in total. The second kappa shape index (κ2) is 11.0. The van der Waals surface area contributed by atoms with Crippen LogP contribution in [-0.2, 0) is 19.2 Å². The number of primary amides is 1. The standard InChI is InChI=1S/C4H5NO2.C4H7NO2.CH2O3/c6-3-1-2-4(7)5-3;5-4(7)2-1-3-6;2-1(3)4/h1-2H2,(H,5,6,7);3H,1-2H2,(H2,5,7);(H2,2,3,4). The Bertz CT molecular complexity index is 309. The minimum Gasteiger partial charge on any atom is -0.450 e. The van der Waals surface area contributed by atoms with Crippen LogP contribution in [0.4, 0.5) is 4.79 Å². The third-order valence-corrected chi connectivity index (χ3v) is 1.37. The largest absolute Gasteiger partial charge is 0.503 e. The number of aldehydes is 1. The second-order valence-electron chi connectivity index (χ2n) is 2.93. The predicted octanol–water partition coefficient (Wildman–Crippen LogP) is -0.904. The van der Waals surface area contributed by atoms with Crippen LogP contribution in [-0.4, -0.2) is 40.4 Å². The lowest BCUT2D eigenvalue weighted by Gasteiger charge is -1.81. The summed E-state index contributed by atoms with van der Waals surface area (Å²) in [5.41, 5.74) is 4.68. The molecule has 0 aromatic heterocycles. The smallest absolute Gasteiger partial charge is 0.450 e. The minimum atomic E-state index is -1.83. The molecule has 1 aliphatic heterocycles. The predicted molar refractivity (Wildman–Crippen MR) is 57.5 cm³/mol. The van der Waals surface area contributed by atoms with Crippen LogP contribution >= 0.6 is 0 Å². The highest BCUT2D eigenvalue weighted by molar-refractivity contribution is 6.01. The van der Waals surface area contributed by atoms with Crippen LogP contribution in [0, 0.1) is 0 Å². The van der Waals surface area contributed by atoms with Crippen molar-refractivity contribution in [1.82, 2.24) is 5.32 Å². The monoisotopic (exact) mass is 262 g/mol. The van der Waals surface area contributed by atoms with Gasteiger partial charge in [-0.25, -0.2) is 4.79 Å². The maximum atomic E-state index is 10.1. The normalized spacial score (nSPS) is 12.2. The summed E-state index contributed by atoms with van der Waals surface area (Å²) in [5.74, 6) is -0.720. The van der Waals surface area contributed by atoms with Crippen LogP contribution in [0.5, 0.6) is 0 Å². The summed E-state index contributed by atoms with van der Waals surface area (Å²) >= 11 is 0. The molecule has 1 rings (SSSR count). The van der Waals surface area contributed by atoms with Crippen LogP contribution in [0.2, 0.25) is 0 Å². The first kappa shape index (κ1) is 17.9. The summed E-state index contributed by atoms with van der Waals surface area (Å²) in [6.45, 7) is 0. The van der Waals surface area contributed by atoms with E-state index in [-0.39, 0.29) is 24.7 Å². The van der Waals surface area contributed by atoms with Crippen LogP contribution in [0.15, 0.2) is 0 Å². The zero-order chi connectivity index (χ0) is 14.6. The molecule has 0 unspecified atom stereocenters. The molecule has 102 valence electrons. The molecule has 0 atom stereocenters. The van der Waals surface area contributed by atoms with E-state index in [1.807, 2.05) is 0 Å². The Hall–Kier alpha value is -2.45. The molecule has 0 spiro atoms. The molecule has 1 heterocycles. The zero-order valence-electron chi connectivity index (χ0n) is 9.42. The van der Waals surface area contributed by atoms with E-state index in [0.717, 1.165) is 0 Å². The van der Waals surface area contributed by atoms with Crippen molar-refractivity contribution in [2.24, 2.45) is 5.73 Å². The van der Waals surface area contributed by atoms with E-state index >= 15 is 0 Å². The number of amides is 3. The molecule has 1 saturated heterocycles. The van der Waals surface area contributed by atoms with Gasteiger partial charge < -0.3 is 20.7 Å². The van der Waals surface area contributed by atoms with Crippen molar-refractivity contribution in [1.29, 1.82) is 0 Å². The van der Waals surface area contributed by atoms with Crippen molar-refractivity contribution >= 4 is 30.2 Å². The molecule has 18 heavy (non-hydrogen) atoms. The number of nitrogens with one attached hydrogen (secondary N) is 1. The maximum absolute atomic E-state index is 10.1. The molecule has 0 saturated carbocycles. The van der Waals surface area contributed by atoms with Gasteiger partial charge in [-0.15, -0.1) is 0 Å². The van der Waals surface area contributed by atoms with E-state index in [1.54, 1.807) is 0 Å². The summed E-state index contributed by atoms with van der Waals surface area (Å²) in [6.07, 6.45) is 0.00125. The minimum absolute atomic E-state index is 0.148. The molecule has 0 radical (unpaired) electrons. The number of carbonyl (C=O) groups excluding carboxylic acids is 4. The van der Waals surface area contributed by atoms with Gasteiger partial charge in [-0.1, -0.05) is 0 Å². The highest BCUT2D eigenvalue weighted by Gasteiger charge is 2.15. The Morgan fingerprint density at radius 2 is 1.61 bits per heavy atom. The highest BCUT2D eigenvalue weighted by Crippen LogP contribution is 1.95. The molecule has 9 nitrogen and oxygen atoms in total. The first-order valence-corrected chi connectivity index (χ1v) is 4.76. The Morgan fingerprint density at radius 1 is 1.22 bits per heavy atom. The number of imide groups is 1. The number of hydrogen-bond acceptors (Lipinski definition) is 5. The van der Waals surface area contributed by atoms with Crippen LogP contribution < -0.4 is 11.1 Å². The number of hydrogen-bond donors (Lipinski definition) is 4. The van der Waals surface area contributed by atoms with E-state index < -0.39 is 12.1 Å². The third kappa shape index (κ3) is 19.2. The van der Waals surface area contributed by atoms with E-state index in [2.05, 4.69) is 11.1 Å². The van der Waals surface area contributed by atoms with Crippen molar-refractivity contribution < 1.29 is 34.2 Å². The van der Waals surface area contributed by atoms with Gasteiger partial charge in [-0.3, -0.25) is 19.7 Å². The van der Waals surface area contributed by atoms with Crippen molar-refractivity contribution in [2.45, 2.75) is 25.7 Å². The fourth-order valence-corrected chi connectivity index (χ4v) is 0.709. The Balaban J connectivity index is 0. The molecule has 0 aromatic carbocycles. The first-order valence-electron chi connectivity index (χ1n) is 4.76. The summed E-state index contributed by atoms with van der Waals surface area (Å²) in [7, 11) is 0. The molecule has 0 aromatic rings. The molecule has 3 amide bonds. The lowest BCUT2D eigenvalue weighted by molar-refractivity contribution is -0.125. The summed E-state index contributed by atoms with van der Waals surface area (Å²) in [5, 5.41) is 16.1. The van der Waals surface area contributed by atoms with Gasteiger partial charge in [0, 0.05) is 25.7 Å². The van der Waals surface area contributed by atoms with Gasteiger partial charge in [0.05, 0.1) is 0 Å².